The van der Waals surface area contributed by atoms with Crippen LogP contribution in [0.15, 0.2) is 0 Å². The summed E-state index contributed by atoms with van der Waals surface area (Å²) >= 11 is 0. The van der Waals surface area contributed by atoms with Crippen molar-refractivity contribution in [2.24, 2.45) is 11.3 Å². The van der Waals surface area contributed by atoms with Crippen molar-refractivity contribution in [3.05, 3.63) is 0 Å². The summed E-state index contributed by atoms with van der Waals surface area (Å²) in [5, 5.41) is 13.7. The SMILES string of the molecule is CO[C@H]([C@@H](C)C(=O)N[C@H](C(=O)N1CCCCO1)C(C)(C)C)[C@@H]1CCCN1C(=O)O. The molecular weight excluding hydrogens is 378 g/mol. The third-order valence-electron chi connectivity index (χ3n) is 5.75. The molecule has 0 unspecified atom stereocenters. The third-order valence-corrected chi connectivity index (χ3v) is 5.75. The van der Waals surface area contributed by atoms with Gasteiger partial charge in [0.25, 0.3) is 5.91 Å². The smallest absolute Gasteiger partial charge is 0.407 e. The molecule has 2 aliphatic rings. The Kier molecular flexibility index (Phi) is 7.87. The lowest BCUT2D eigenvalue weighted by Crippen LogP contribution is -2.58. The second kappa shape index (κ2) is 9.75. The molecule has 2 rings (SSSR count). The zero-order valence-electron chi connectivity index (χ0n) is 18.1. The van der Waals surface area contributed by atoms with E-state index in [1.165, 1.54) is 17.1 Å². The van der Waals surface area contributed by atoms with Crippen LogP contribution in [0.2, 0.25) is 0 Å². The Bertz CT molecular complexity index is 600. The zero-order chi connectivity index (χ0) is 21.8. The Morgan fingerprint density at radius 2 is 1.86 bits per heavy atom. The summed E-state index contributed by atoms with van der Waals surface area (Å²) in [4.78, 5) is 44.4. The van der Waals surface area contributed by atoms with Crippen molar-refractivity contribution in [2.75, 3.05) is 26.8 Å². The monoisotopic (exact) mass is 413 g/mol. The van der Waals surface area contributed by atoms with E-state index in [1.807, 2.05) is 20.8 Å². The maximum Gasteiger partial charge on any atom is 0.407 e. The van der Waals surface area contributed by atoms with Gasteiger partial charge in [-0.3, -0.25) is 14.4 Å². The Morgan fingerprint density at radius 3 is 2.38 bits per heavy atom. The number of hydroxylamine groups is 2. The van der Waals surface area contributed by atoms with Gasteiger partial charge in [-0.1, -0.05) is 27.7 Å². The number of likely N-dealkylation sites (tertiary alicyclic amines) is 1. The quantitative estimate of drug-likeness (QED) is 0.688. The van der Waals surface area contributed by atoms with Crippen LogP contribution in [0, 0.1) is 11.3 Å². The second-order valence-electron chi connectivity index (χ2n) is 8.96. The van der Waals surface area contributed by atoms with Gasteiger partial charge in [0.05, 0.1) is 24.7 Å². The summed E-state index contributed by atoms with van der Waals surface area (Å²) in [6, 6.07) is -1.14. The van der Waals surface area contributed by atoms with Crippen LogP contribution in [-0.2, 0) is 19.2 Å². The molecule has 2 heterocycles. The summed E-state index contributed by atoms with van der Waals surface area (Å²) in [5.74, 6) is -1.22. The fraction of sp³-hybridized carbons (Fsp3) is 0.850. The topological polar surface area (TPSA) is 108 Å². The van der Waals surface area contributed by atoms with Gasteiger partial charge in [-0.15, -0.1) is 0 Å². The highest BCUT2D eigenvalue weighted by Crippen LogP contribution is 2.28. The molecule has 0 bridgehead atoms. The van der Waals surface area contributed by atoms with E-state index in [0.29, 0.717) is 26.1 Å². The predicted octanol–water partition coefficient (Wildman–Crippen LogP) is 1.86. The molecule has 3 amide bonds. The maximum atomic E-state index is 13.1. The Morgan fingerprint density at radius 1 is 1.17 bits per heavy atom. The van der Waals surface area contributed by atoms with Gasteiger partial charge in [0.2, 0.25) is 5.91 Å². The molecule has 0 saturated carbocycles. The number of carbonyl (C=O) groups is 3. The first-order valence-electron chi connectivity index (χ1n) is 10.3. The van der Waals surface area contributed by atoms with Crippen LogP contribution in [0.3, 0.4) is 0 Å². The van der Waals surface area contributed by atoms with E-state index in [0.717, 1.165) is 19.3 Å². The molecular formula is C20H35N3O6. The molecule has 4 atom stereocenters. The van der Waals surface area contributed by atoms with E-state index < -0.39 is 29.6 Å². The molecule has 166 valence electrons. The normalized spacial score (nSPS) is 23.4. The summed E-state index contributed by atoms with van der Waals surface area (Å²) < 4.78 is 5.56. The van der Waals surface area contributed by atoms with Gasteiger partial charge in [-0.2, -0.15) is 0 Å². The summed E-state index contributed by atoms with van der Waals surface area (Å²) in [5.41, 5.74) is -0.518. The zero-order valence-corrected chi connectivity index (χ0v) is 18.1. The lowest BCUT2D eigenvalue weighted by Gasteiger charge is -2.37. The lowest BCUT2D eigenvalue weighted by molar-refractivity contribution is -0.201. The van der Waals surface area contributed by atoms with Crippen LogP contribution in [0.4, 0.5) is 4.79 Å². The number of nitrogens with one attached hydrogen (secondary N) is 1. The number of carbonyl (C=O) groups excluding carboxylic acids is 2. The average Bonchev–Trinajstić information content (AvgIpc) is 3.15. The first kappa shape index (κ1) is 23.4. The first-order chi connectivity index (χ1) is 13.6. The summed E-state index contributed by atoms with van der Waals surface area (Å²) in [6.07, 6.45) is 1.56. The molecule has 29 heavy (non-hydrogen) atoms. The molecule has 2 N–H and O–H groups in total. The number of rotatable bonds is 6. The third kappa shape index (κ3) is 5.60. The van der Waals surface area contributed by atoms with Crippen molar-refractivity contribution >= 4 is 17.9 Å². The fourth-order valence-electron chi connectivity index (χ4n) is 4.05. The number of methoxy groups -OCH3 is 1. The van der Waals surface area contributed by atoms with Gasteiger partial charge in [0.15, 0.2) is 0 Å². The fourth-order valence-corrected chi connectivity index (χ4v) is 4.05. The van der Waals surface area contributed by atoms with Crippen molar-refractivity contribution in [1.82, 2.24) is 15.3 Å². The molecule has 0 spiro atoms. The first-order valence-corrected chi connectivity index (χ1v) is 10.3. The highest BCUT2D eigenvalue weighted by Gasteiger charge is 2.42. The summed E-state index contributed by atoms with van der Waals surface area (Å²) in [7, 11) is 1.49. The van der Waals surface area contributed by atoms with E-state index in [1.54, 1.807) is 6.92 Å². The van der Waals surface area contributed by atoms with Gasteiger partial charge in [-0.25, -0.2) is 9.86 Å². The Labute approximate surface area is 172 Å². The number of hydrogen-bond donors (Lipinski definition) is 2. The lowest BCUT2D eigenvalue weighted by atomic mass is 9.85. The minimum absolute atomic E-state index is 0.264. The minimum atomic E-state index is -1.01. The van der Waals surface area contributed by atoms with Gasteiger partial charge in [0.1, 0.15) is 6.04 Å². The standard InChI is InChI=1S/C20H35N3O6/c1-13(15(28-5)14-9-8-10-22(14)19(26)27)17(24)21-16(20(2,3)4)18(25)23-11-6-7-12-29-23/h13-16H,6-12H2,1-5H3,(H,21,24)(H,26,27)/t13-,14+,15-,16-/m1/s1. The van der Waals surface area contributed by atoms with Gasteiger partial charge >= 0.3 is 6.09 Å². The average molecular weight is 414 g/mol. The number of hydrogen-bond acceptors (Lipinski definition) is 5. The molecule has 2 aliphatic heterocycles. The minimum Gasteiger partial charge on any atom is -0.465 e. The largest absolute Gasteiger partial charge is 0.465 e. The van der Waals surface area contributed by atoms with Crippen LogP contribution < -0.4 is 5.32 Å². The van der Waals surface area contributed by atoms with E-state index in [9.17, 15) is 19.5 Å². The molecule has 0 aromatic heterocycles. The number of carboxylic acid groups (broad SMARTS) is 1. The van der Waals surface area contributed by atoms with Crippen molar-refractivity contribution < 1.29 is 29.1 Å². The van der Waals surface area contributed by atoms with Gasteiger partial charge in [-0.05, 0) is 31.1 Å². The van der Waals surface area contributed by atoms with E-state index >= 15 is 0 Å². The molecule has 2 saturated heterocycles. The predicted molar refractivity (Wildman–Crippen MR) is 106 cm³/mol. The van der Waals surface area contributed by atoms with Gasteiger partial charge < -0.3 is 20.1 Å². The van der Waals surface area contributed by atoms with Crippen molar-refractivity contribution in [3.63, 3.8) is 0 Å². The molecule has 2 fully saturated rings. The van der Waals surface area contributed by atoms with Crippen molar-refractivity contribution in [3.8, 4) is 0 Å². The second-order valence-corrected chi connectivity index (χ2v) is 8.96. The van der Waals surface area contributed by atoms with E-state index in [-0.39, 0.29) is 17.9 Å². The van der Waals surface area contributed by atoms with Crippen molar-refractivity contribution in [2.45, 2.75) is 71.6 Å². The van der Waals surface area contributed by atoms with E-state index in [4.69, 9.17) is 9.57 Å². The maximum absolute atomic E-state index is 13.1. The van der Waals surface area contributed by atoms with Crippen molar-refractivity contribution in [1.29, 1.82) is 0 Å². The number of nitrogens with zero attached hydrogens (tertiary/aromatic N) is 2. The Balaban J connectivity index is 2.12. The van der Waals surface area contributed by atoms with Crippen LogP contribution >= 0.6 is 0 Å². The van der Waals surface area contributed by atoms with E-state index in [2.05, 4.69) is 5.32 Å². The van der Waals surface area contributed by atoms with Crippen LogP contribution in [0.1, 0.15) is 53.4 Å². The molecule has 9 heteroatoms. The van der Waals surface area contributed by atoms with Crippen LogP contribution in [-0.4, -0.2) is 78.0 Å². The Hall–Kier alpha value is -1.87. The molecule has 0 aromatic carbocycles. The highest BCUT2D eigenvalue weighted by molar-refractivity contribution is 5.89. The molecule has 0 aromatic rings. The molecule has 9 nitrogen and oxygen atoms in total. The summed E-state index contributed by atoms with van der Waals surface area (Å²) in [6.45, 7) is 8.82. The van der Waals surface area contributed by atoms with Crippen LogP contribution in [0.25, 0.3) is 0 Å². The molecule has 0 aliphatic carbocycles. The number of amides is 3. The highest BCUT2D eigenvalue weighted by atomic mass is 16.7. The van der Waals surface area contributed by atoms with Crippen LogP contribution in [0.5, 0.6) is 0 Å². The van der Waals surface area contributed by atoms with Gasteiger partial charge in [0, 0.05) is 20.2 Å². The number of ether oxygens (including phenoxy) is 1. The molecule has 0 radical (unpaired) electrons.